The Balaban J connectivity index is 2.18. The molecule has 1 aromatic carbocycles. The van der Waals surface area contributed by atoms with Crippen LogP contribution in [0.1, 0.15) is 29.7 Å². The molecule has 0 N–H and O–H groups in total. The first-order valence-corrected chi connectivity index (χ1v) is 8.65. The molecular weight excluding hydrogens is 389 g/mol. The number of aromatic nitrogens is 1. The van der Waals surface area contributed by atoms with Crippen molar-refractivity contribution in [2.24, 2.45) is 13.0 Å². The first kappa shape index (κ1) is 20.5. The normalized spacial score (nSPS) is 19.7. The average molecular weight is 406 g/mol. The van der Waals surface area contributed by atoms with Crippen molar-refractivity contribution in [3.63, 3.8) is 0 Å². The first-order chi connectivity index (χ1) is 13.4. The summed E-state index contributed by atoms with van der Waals surface area (Å²) in [6.45, 7) is 2.69. The minimum Gasteiger partial charge on any atom is -0.316 e. The molecule has 3 rings (SSSR count). The van der Waals surface area contributed by atoms with E-state index in [2.05, 4.69) is 0 Å². The SMILES string of the molecule is CC(=O)C1C(=O)C(=O)N(c2cc(C)c(=O)n(C)c2)C1c1ccc(C(F)(F)F)cc1. The van der Waals surface area contributed by atoms with Crippen LogP contribution >= 0.6 is 0 Å². The molecule has 1 amide bonds. The van der Waals surface area contributed by atoms with Crippen LogP contribution in [0, 0.1) is 12.8 Å². The Kier molecular flexibility index (Phi) is 4.94. The summed E-state index contributed by atoms with van der Waals surface area (Å²) in [5, 5.41) is 0. The van der Waals surface area contributed by atoms with E-state index in [1.165, 1.54) is 30.8 Å². The van der Waals surface area contributed by atoms with Gasteiger partial charge in [0.25, 0.3) is 11.5 Å². The molecule has 152 valence electrons. The van der Waals surface area contributed by atoms with Gasteiger partial charge in [0.1, 0.15) is 11.7 Å². The van der Waals surface area contributed by atoms with Crippen molar-refractivity contribution in [3.8, 4) is 0 Å². The largest absolute Gasteiger partial charge is 0.416 e. The lowest BCUT2D eigenvalue weighted by Gasteiger charge is -2.27. The molecule has 1 fully saturated rings. The molecule has 1 saturated heterocycles. The Bertz CT molecular complexity index is 1040. The van der Waals surface area contributed by atoms with Gasteiger partial charge < -0.3 is 4.57 Å². The number of halogens is 3. The van der Waals surface area contributed by atoms with Crippen LogP contribution in [0.15, 0.2) is 41.3 Å². The average Bonchev–Trinajstić information content (AvgIpc) is 2.90. The zero-order chi connectivity index (χ0) is 21.7. The van der Waals surface area contributed by atoms with Gasteiger partial charge in [0.2, 0.25) is 5.78 Å². The third kappa shape index (κ3) is 3.48. The van der Waals surface area contributed by atoms with Crippen LogP contribution in [0.2, 0.25) is 0 Å². The number of amides is 1. The summed E-state index contributed by atoms with van der Waals surface area (Å²) >= 11 is 0. The van der Waals surface area contributed by atoms with Crippen LogP contribution in [-0.2, 0) is 27.6 Å². The number of hydrogen-bond acceptors (Lipinski definition) is 4. The van der Waals surface area contributed by atoms with Crippen molar-refractivity contribution in [2.75, 3.05) is 4.90 Å². The molecule has 1 aromatic heterocycles. The minimum absolute atomic E-state index is 0.205. The molecule has 2 aromatic rings. The number of pyridine rings is 1. The molecule has 2 heterocycles. The molecule has 2 unspecified atom stereocenters. The van der Waals surface area contributed by atoms with Gasteiger partial charge in [0, 0.05) is 18.8 Å². The topological polar surface area (TPSA) is 76.5 Å². The number of carbonyl (C=O) groups is 3. The molecule has 0 bridgehead atoms. The van der Waals surface area contributed by atoms with Crippen molar-refractivity contribution in [1.82, 2.24) is 4.57 Å². The summed E-state index contributed by atoms with van der Waals surface area (Å²) in [5.74, 6) is -3.81. The van der Waals surface area contributed by atoms with E-state index in [1.54, 1.807) is 0 Å². The molecule has 1 aliphatic heterocycles. The molecule has 0 aliphatic carbocycles. The van der Waals surface area contributed by atoms with E-state index >= 15 is 0 Å². The van der Waals surface area contributed by atoms with E-state index in [1.807, 2.05) is 0 Å². The Morgan fingerprint density at radius 1 is 1.07 bits per heavy atom. The highest BCUT2D eigenvalue weighted by Crippen LogP contribution is 2.41. The van der Waals surface area contributed by atoms with Gasteiger partial charge in [-0.1, -0.05) is 12.1 Å². The summed E-state index contributed by atoms with van der Waals surface area (Å²) < 4.78 is 39.9. The molecule has 0 radical (unpaired) electrons. The van der Waals surface area contributed by atoms with Crippen LogP contribution in [0.3, 0.4) is 0 Å². The summed E-state index contributed by atoms with van der Waals surface area (Å²) in [7, 11) is 1.47. The van der Waals surface area contributed by atoms with E-state index in [0.29, 0.717) is 5.56 Å². The summed E-state index contributed by atoms with van der Waals surface area (Å²) in [6.07, 6.45) is -3.20. The third-order valence-electron chi connectivity index (χ3n) is 4.95. The number of benzene rings is 1. The Morgan fingerprint density at radius 3 is 2.14 bits per heavy atom. The maximum Gasteiger partial charge on any atom is 0.416 e. The van der Waals surface area contributed by atoms with Crippen molar-refractivity contribution in [1.29, 1.82) is 0 Å². The molecule has 1 aliphatic rings. The number of hydrogen-bond donors (Lipinski definition) is 0. The van der Waals surface area contributed by atoms with E-state index in [0.717, 1.165) is 36.1 Å². The van der Waals surface area contributed by atoms with Crippen molar-refractivity contribution in [2.45, 2.75) is 26.1 Å². The van der Waals surface area contributed by atoms with Gasteiger partial charge >= 0.3 is 6.18 Å². The molecular formula is C20H17F3N2O4. The number of rotatable bonds is 3. The van der Waals surface area contributed by atoms with Gasteiger partial charge in [-0.05, 0) is 37.6 Å². The maximum atomic E-state index is 12.9. The maximum absolute atomic E-state index is 12.9. The van der Waals surface area contributed by atoms with Crippen LogP contribution in [-0.4, -0.2) is 22.0 Å². The highest BCUT2D eigenvalue weighted by atomic mass is 19.4. The van der Waals surface area contributed by atoms with Crippen molar-refractivity contribution >= 4 is 23.2 Å². The summed E-state index contributed by atoms with van der Waals surface area (Å²) in [5.41, 5.74) is -0.468. The molecule has 0 spiro atoms. The van der Waals surface area contributed by atoms with Crippen LogP contribution < -0.4 is 10.5 Å². The number of ketones is 2. The fraction of sp³-hybridized carbons (Fsp3) is 0.300. The molecule has 6 nitrogen and oxygen atoms in total. The lowest BCUT2D eigenvalue weighted by molar-refractivity contribution is -0.138. The molecule has 29 heavy (non-hydrogen) atoms. The minimum atomic E-state index is -4.55. The highest BCUT2D eigenvalue weighted by molar-refractivity contribution is 6.48. The quantitative estimate of drug-likeness (QED) is 0.580. The predicted molar refractivity (Wildman–Crippen MR) is 97.3 cm³/mol. The number of aryl methyl sites for hydroxylation is 2. The lowest BCUT2D eigenvalue weighted by Crippen LogP contribution is -2.32. The third-order valence-corrected chi connectivity index (χ3v) is 4.95. The zero-order valence-corrected chi connectivity index (χ0v) is 15.8. The van der Waals surface area contributed by atoms with Gasteiger partial charge in [-0.2, -0.15) is 13.2 Å². The Labute approximate surface area is 163 Å². The molecule has 2 atom stereocenters. The second-order valence-electron chi connectivity index (χ2n) is 6.99. The van der Waals surface area contributed by atoms with Gasteiger partial charge in [-0.25, -0.2) is 0 Å². The monoisotopic (exact) mass is 406 g/mol. The van der Waals surface area contributed by atoms with Gasteiger partial charge in [-0.15, -0.1) is 0 Å². The number of nitrogens with zero attached hydrogens (tertiary/aromatic N) is 2. The highest BCUT2D eigenvalue weighted by Gasteiger charge is 2.51. The Hall–Kier alpha value is -3.23. The fourth-order valence-electron chi connectivity index (χ4n) is 3.55. The van der Waals surface area contributed by atoms with Crippen LogP contribution in [0.4, 0.5) is 18.9 Å². The van der Waals surface area contributed by atoms with Gasteiger partial charge in [-0.3, -0.25) is 24.1 Å². The molecule has 9 heteroatoms. The van der Waals surface area contributed by atoms with Crippen LogP contribution in [0.5, 0.6) is 0 Å². The second-order valence-corrected chi connectivity index (χ2v) is 6.99. The smallest absolute Gasteiger partial charge is 0.316 e. The number of anilines is 1. The van der Waals surface area contributed by atoms with E-state index in [9.17, 15) is 32.3 Å². The van der Waals surface area contributed by atoms with E-state index < -0.39 is 41.2 Å². The fourth-order valence-corrected chi connectivity index (χ4v) is 3.55. The van der Waals surface area contributed by atoms with E-state index in [4.69, 9.17) is 0 Å². The van der Waals surface area contributed by atoms with E-state index in [-0.39, 0.29) is 16.8 Å². The standard InChI is InChI=1S/C20H17F3N2O4/c1-10-8-14(9-24(3)18(10)28)25-16(15(11(2)26)17(27)19(25)29)12-4-6-13(7-5-12)20(21,22)23/h4-9,15-16H,1-3H3. The van der Waals surface area contributed by atoms with Crippen molar-refractivity contribution < 1.29 is 27.6 Å². The Morgan fingerprint density at radius 2 is 1.66 bits per heavy atom. The molecule has 0 saturated carbocycles. The summed E-state index contributed by atoms with van der Waals surface area (Å²) in [6, 6.07) is 4.28. The lowest BCUT2D eigenvalue weighted by atomic mass is 9.89. The predicted octanol–water partition coefficient (Wildman–Crippen LogP) is 2.57. The number of carbonyl (C=O) groups excluding carboxylic acids is 3. The van der Waals surface area contributed by atoms with Crippen LogP contribution in [0.25, 0.3) is 0 Å². The zero-order valence-electron chi connectivity index (χ0n) is 15.8. The number of Topliss-reactive ketones (excluding diaryl/α,β-unsaturated/α-hetero) is 2. The van der Waals surface area contributed by atoms with Gasteiger partial charge in [0.15, 0.2) is 0 Å². The summed E-state index contributed by atoms with van der Waals surface area (Å²) in [4.78, 5) is 50.4. The van der Waals surface area contributed by atoms with Gasteiger partial charge in [0.05, 0.1) is 17.3 Å². The first-order valence-electron chi connectivity index (χ1n) is 8.65. The second kappa shape index (κ2) is 6.98. The number of alkyl halides is 3. The van der Waals surface area contributed by atoms with Crippen molar-refractivity contribution in [3.05, 3.63) is 63.6 Å².